The Morgan fingerprint density at radius 1 is 1.40 bits per heavy atom. The van der Waals surface area contributed by atoms with Crippen molar-refractivity contribution in [2.24, 2.45) is 4.99 Å². The second kappa shape index (κ2) is 8.78. The minimum absolute atomic E-state index is 0. The summed E-state index contributed by atoms with van der Waals surface area (Å²) in [5.41, 5.74) is 1.11. The van der Waals surface area contributed by atoms with E-state index in [4.69, 9.17) is 4.74 Å². The Balaban J connectivity index is 0.00000200. The van der Waals surface area contributed by atoms with E-state index < -0.39 is 0 Å². The lowest BCUT2D eigenvalue weighted by molar-refractivity contribution is 0.0822. The van der Waals surface area contributed by atoms with Crippen molar-refractivity contribution < 1.29 is 4.74 Å². The third-order valence-electron chi connectivity index (χ3n) is 3.20. The number of aliphatic imine (C=N–C) groups is 1. The molecule has 0 atom stereocenters. The van der Waals surface area contributed by atoms with Crippen molar-refractivity contribution in [3.63, 3.8) is 0 Å². The van der Waals surface area contributed by atoms with Crippen molar-refractivity contribution >= 4 is 41.3 Å². The molecule has 1 saturated heterocycles. The van der Waals surface area contributed by atoms with Crippen molar-refractivity contribution in [2.75, 3.05) is 20.3 Å². The summed E-state index contributed by atoms with van der Waals surface area (Å²) in [5.74, 6) is 0.859. The molecular formula is C13H23IN4OS. The molecule has 0 bridgehead atoms. The number of aryl methyl sites for hydroxylation is 2. The molecule has 2 N–H and O–H groups in total. The van der Waals surface area contributed by atoms with Crippen LogP contribution in [0.3, 0.4) is 0 Å². The average Bonchev–Trinajstić information content (AvgIpc) is 2.74. The van der Waals surface area contributed by atoms with Gasteiger partial charge in [0.2, 0.25) is 0 Å². The van der Waals surface area contributed by atoms with E-state index in [1.165, 1.54) is 4.88 Å². The Hall–Kier alpha value is -0.410. The van der Waals surface area contributed by atoms with Crippen LogP contribution in [0.25, 0.3) is 0 Å². The van der Waals surface area contributed by atoms with Crippen LogP contribution in [0.1, 0.15) is 28.4 Å². The SMILES string of the molecule is CN=C(NCc1sc(C)nc1C)NC1CCOCC1.I. The molecule has 0 aromatic carbocycles. The van der Waals surface area contributed by atoms with Crippen LogP contribution < -0.4 is 10.6 Å². The number of thiazole rings is 1. The predicted octanol–water partition coefficient (Wildman–Crippen LogP) is 2.22. The van der Waals surface area contributed by atoms with E-state index in [1.54, 1.807) is 18.4 Å². The summed E-state index contributed by atoms with van der Waals surface area (Å²) in [6, 6.07) is 0.462. The first-order chi connectivity index (χ1) is 9.19. The van der Waals surface area contributed by atoms with Crippen LogP contribution in [-0.2, 0) is 11.3 Å². The number of ether oxygens (including phenoxy) is 1. The number of rotatable bonds is 3. The Morgan fingerprint density at radius 2 is 2.10 bits per heavy atom. The Labute approximate surface area is 141 Å². The van der Waals surface area contributed by atoms with E-state index in [0.717, 1.165) is 49.3 Å². The number of hydrogen-bond acceptors (Lipinski definition) is 4. The third-order valence-corrected chi connectivity index (χ3v) is 4.27. The van der Waals surface area contributed by atoms with Gasteiger partial charge in [0.1, 0.15) is 0 Å². The van der Waals surface area contributed by atoms with Gasteiger partial charge >= 0.3 is 0 Å². The number of hydrogen-bond donors (Lipinski definition) is 2. The summed E-state index contributed by atoms with van der Waals surface area (Å²) < 4.78 is 5.36. The molecule has 1 fully saturated rings. The van der Waals surface area contributed by atoms with E-state index in [-0.39, 0.29) is 24.0 Å². The fourth-order valence-corrected chi connectivity index (χ4v) is 3.01. The molecule has 0 radical (unpaired) electrons. The van der Waals surface area contributed by atoms with E-state index in [0.29, 0.717) is 6.04 Å². The van der Waals surface area contributed by atoms with Gasteiger partial charge in [0.15, 0.2) is 5.96 Å². The van der Waals surface area contributed by atoms with Gasteiger partial charge in [0.05, 0.1) is 17.2 Å². The van der Waals surface area contributed by atoms with Gasteiger partial charge < -0.3 is 15.4 Å². The maximum Gasteiger partial charge on any atom is 0.191 e. The molecule has 2 heterocycles. The molecule has 20 heavy (non-hydrogen) atoms. The smallest absolute Gasteiger partial charge is 0.191 e. The summed E-state index contributed by atoms with van der Waals surface area (Å²) in [6.07, 6.45) is 2.08. The highest BCUT2D eigenvalue weighted by Crippen LogP contribution is 2.16. The number of guanidine groups is 1. The fraction of sp³-hybridized carbons (Fsp3) is 0.692. The van der Waals surface area contributed by atoms with Crippen molar-refractivity contribution in [3.8, 4) is 0 Å². The monoisotopic (exact) mass is 410 g/mol. The lowest BCUT2D eigenvalue weighted by Crippen LogP contribution is -2.45. The molecule has 1 aromatic heterocycles. The molecule has 114 valence electrons. The summed E-state index contributed by atoms with van der Waals surface area (Å²) in [4.78, 5) is 9.97. The molecule has 1 aliphatic heterocycles. The van der Waals surface area contributed by atoms with Crippen molar-refractivity contribution in [1.82, 2.24) is 15.6 Å². The van der Waals surface area contributed by atoms with Gasteiger partial charge in [0, 0.05) is 31.2 Å². The van der Waals surface area contributed by atoms with Crippen molar-refractivity contribution in [2.45, 2.75) is 39.3 Å². The average molecular weight is 410 g/mol. The molecule has 1 aromatic rings. The van der Waals surface area contributed by atoms with Gasteiger partial charge in [-0.1, -0.05) is 0 Å². The van der Waals surface area contributed by atoms with E-state index in [1.807, 2.05) is 6.92 Å². The maximum absolute atomic E-state index is 5.36. The van der Waals surface area contributed by atoms with Crippen molar-refractivity contribution in [1.29, 1.82) is 0 Å². The molecule has 0 spiro atoms. The first kappa shape index (κ1) is 17.6. The fourth-order valence-electron chi connectivity index (χ4n) is 2.13. The minimum Gasteiger partial charge on any atom is -0.381 e. The summed E-state index contributed by atoms with van der Waals surface area (Å²) in [6.45, 7) is 6.54. The Kier molecular flexibility index (Phi) is 7.75. The lowest BCUT2D eigenvalue weighted by Gasteiger charge is -2.25. The molecule has 5 nitrogen and oxygen atoms in total. The second-order valence-corrected chi connectivity index (χ2v) is 5.99. The van der Waals surface area contributed by atoms with Crippen LogP contribution in [-0.4, -0.2) is 37.2 Å². The second-order valence-electron chi connectivity index (χ2n) is 4.70. The van der Waals surface area contributed by atoms with Gasteiger partial charge in [-0.25, -0.2) is 4.98 Å². The normalized spacial score (nSPS) is 16.6. The van der Waals surface area contributed by atoms with Crippen LogP contribution >= 0.6 is 35.3 Å². The Morgan fingerprint density at radius 3 is 2.65 bits per heavy atom. The first-order valence-electron chi connectivity index (χ1n) is 6.67. The third kappa shape index (κ3) is 5.17. The topological polar surface area (TPSA) is 58.5 Å². The quantitative estimate of drug-likeness (QED) is 0.456. The lowest BCUT2D eigenvalue weighted by atomic mass is 10.1. The van der Waals surface area contributed by atoms with E-state index in [9.17, 15) is 0 Å². The number of halogens is 1. The van der Waals surface area contributed by atoms with Gasteiger partial charge in [-0.05, 0) is 26.7 Å². The first-order valence-corrected chi connectivity index (χ1v) is 7.48. The van der Waals surface area contributed by atoms with Gasteiger partial charge in [0.25, 0.3) is 0 Å². The van der Waals surface area contributed by atoms with Crippen LogP contribution in [0.2, 0.25) is 0 Å². The predicted molar refractivity (Wildman–Crippen MR) is 94.2 cm³/mol. The summed E-state index contributed by atoms with van der Waals surface area (Å²) >= 11 is 1.74. The largest absolute Gasteiger partial charge is 0.381 e. The van der Waals surface area contributed by atoms with Crippen LogP contribution in [0.4, 0.5) is 0 Å². The maximum atomic E-state index is 5.36. The standard InChI is InChI=1S/C13H22N4OS.HI/c1-9-12(19-10(2)16-9)8-15-13(14-3)17-11-4-6-18-7-5-11;/h11H,4-8H2,1-3H3,(H2,14,15,17);1H. The van der Waals surface area contributed by atoms with E-state index >= 15 is 0 Å². The number of nitrogens with zero attached hydrogens (tertiary/aromatic N) is 2. The zero-order valence-corrected chi connectivity index (χ0v) is 15.4. The van der Waals surface area contributed by atoms with Gasteiger partial charge in [-0.2, -0.15) is 0 Å². The number of aromatic nitrogens is 1. The Bertz CT molecular complexity index is 444. The minimum atomic E-state index is 0. The van der Waals surface area contributed by atoms with Gasteiger partial charge in [-0.15, -0.1) is 35.3 Å². The molecular weight excluding hydrogens is 387 g/mol. The zero-order chi connectivity index (χ0) is 13.7. The summed E-state index contributed by atoms with van der Waals surface area (Å²) in [7, 11) is 1.80. The van der Waals surface area contributed by atoms with Crippen LogP contribution in [0.15, 0.2) is 4.99 Å². The van der Waals surface area contributed by atoms with Crippen molar-refractivity contribution in [3.05, 3.63) is 15.6 Å². The van der Waals surface area contributed by atoms with Gasteiger partial charge in [-0.3, -0.25) is 4.99 Å². The molecule has 0 saturated carbocycles. The molecule has 0 unspecified atom stereocenters. The molecule has 0 amide bonds. The highest BCUT2D eigenvalue weighted by molar-refractivity contribution is 14.0. The molecule has 1 aliphatic rings. The van der Waals surface area contributed by atoms with E-state index in [2.05, 4.69) is 27.5 Å². The number of nitrogens with one attached hydrogen (secondary N) is 2. The summed E-state index contributed by atoms with van der Waals surface area (Å²) in [5, 5.41) is 7.91. The molecule has 7 heteroatoms. The highest BCUT2D eigenvalue weighted by Gasteiger charge is 2.15. The van der Waals surface area contributed by atoms with Crippen LogP contribution in [0.5, 0.6) is 0 Å². The molecule has 0 aliphatic carbocycles. The molecule has 2 rings (SSSR count). The zero-order valence-electron chi connectivity index (χ0n) is 12.2. The van der Waals surface area contributed by atoms with Crippen LogP contribution in [0, 0.1) is 13.8 Å². The highest BCUT2D eigenvalue weighted by atomic mass is 127.